The number of methoxy groups -OCH3 is 1. The summed E-state index contributed by atoms with van der Waals surface area (Å²) < 4.78 is 6.56. The third kappa shape index (κ3) is 2.78. The van der Waals surface area contributed by atoms with Crippen LogP contribution in [0.15, 0.2) is 9.85 Å². The number of carbonyl (C=O) groups is 1. The monoisotopic (exact) mass is 331 g/mol. The molecule has 1 unspecified atom stereocenters. The van der Waals surface area contributed by atoms with Gasteiger partial charge in [0.25, 0.3) is 5.91 Å². The van der Waals surface area contributed by atoms with Crippen molar-refractivity contribution in [3.05, 3.63) is 20.3 Å². The number of nitrogens with zero attached hydrogens (tertiary/aromatic N) is 1. The van der Waals surface area contributed by atoms with Gasteiger partial charge in [-0.15, -0.1) is 11.3 Å². The Labute approximate surface area is 120 Å². The SMILES string of the molecule is COC1(C)CCCN(C(=O)c2cc(C)c(Br)s2)C1. The van der Waals surface area contributed by atoms with E-state index in [-0.39, 0.29) is 11.5 Å². The van der Waals surface area contributed by atoms with Gasteiger partial charge in [0.1, 0.15) is 0 Å². The number of halogens is 1. The van der Waals surface area contributed by atoms with E-state index in [0.717, 1.165) is 33.6 Å². The highest BCUT2D eigenvalue weighted by molar-refractivity contribution is 9.11. The van der Waals surface area contributed by atoms with Gasteiger partial charge in [-0.05, 0) is 54.2 Å². The Kier molecular flexibility index (Phi) is 4.14. The Morgan fingerprint density at radius 2 is 2.33 bits per heavy atom. The minimum atomic E-state index is -0.197. The first-order valence-corrected chi connectivity index (χ1v) is 7.66. The van der Waals surface area contributed by atoms with E-state index in [2.05, 4.69) is 22.9 Å². The van der Waals surface area contributed by atoms with Crippen LogP contribution < -0.4 is 0 Å². The second kappa shape index (κ2) is 5.31. The van der Waals surface area contributed by atoms with Crippen molar-refractivity contribution in [3.63, 3.8) is 0 Å². The van der Waals surface area contributed by atoms with Gasteiger partial charge in [-0.1, -0.05) is 0 Å². The van der Waals surface area contributed by atoms with Crippen LogP contribution in [0.5, 0.6) is 0 Å². The molecule has 0 spiro atoms. The molecule has 2 rings (SSSR count). The molecule has 1 aromatic heterocycles. The van der Waals surface area contributed by atoms with Gasteiger partial charge >= 0.3 is 0 Å². The first-order valence-electron chi connectivity index (χ1n) is 6.05. The van der Waals surface area contributed by atoms with Crippen molar-refractivity contribution < 1.29 is 9.53 Å². The first kappa shape index (κ1) is 14.0. The van der Waals surface area contributed by atoms with Crippen molar-refractivity contribution in [1.82, 2.24) is 4.90 Å². The molecule has 0 aromatic carbocycles. The highest BCUT2D eigenvalue weighted by atomic mass is 79.9. The Morgan fingerprint density at radius 3 is 2.89 bits per heavy atom. The largest absolute Gasteiger partial charge is 0.377 e. The minimum Gasteiger partial charge on any atom is -0.377 e. The van der Waals surface area contributed by atoms with Crippen LogP contribution in [0.3, 0.4) is 0 Å². The van der Waals surface area contributed by atoms with Crippen molar-refractivity contribution in [1.29, 1.82) is 0 Å². The van der Waals surface area contributed by atoms with E-state index in [4.69, 9.17) is 4.74 Å². The summed E-state index contributed by atoms with van der Waals surface area (Å²) in [6.45, 7) is 5.58. The summed E-state index contributed by atoms with van der Waals surface area (Å²) in [6, 6.07) is 1.95. The number of thiophene rings is 1. The van der Waals surface area contributed by atoms with Crippen LogP contribution in [-0.2, 0) is 4.74 Å². The lowest BCUT2D eigenvalue weighted by Crippen LogP contribution is -2.49. The molecule has 100 valence electrons. The summed E-state index contributed by atoms with van der Waals surface area (Å²) in [7, 11) is 1.72. The average Bonchev–Trinajstić information content (AvgIpc) is 2.69. The third-order valence-corrected chi connectivity index (χ3v) is 5.63. The van der Waals surface area contributed by atoms with Gasteiger partial charge in [0, 0.05) is 20.2 Å². The molecule has 1 saturated heterocycles. The van der Waals surface area contributed by atoms with Crippen molar-refractivity contribution in [2.24, 2.45) is 0 Å². The van der Waals surface area contributed by atoms with E-state index in [1.165, 1.54) is 11.3 Å². The quantitative estimate of drug-likeness (QED) is 0.830. The summed E-state index contributed by atoms with van der Waals surface area (Å²) in [5, 5.41) is 0. The molecule has 0 radical (unpaired) electrons. The molecule has 0 saturated carbocycles. The van der Waals surface area contributed by atoms with Gasteiger partial charge in [-0.2, -0.15) is 0 Å². The van der Waals surface area contributed by atoms with Crippen LogP contribution >= 0.6 is 27.3 Å². The molecule has 1 aromatic rings. The van der Waals surface area contributed by atoms with E-state index in [0.29, 0.717) is 6.54 Å². The normalized spacial score (nSPS) is 24.3. The van der Waals surface area contributed by atoms with Gasteiger partial charge in [0.2, 0.25) is 0 Å². The molecular weight excluding hydrogens is 314 g/mol. The molecule has 0 N–H and O–H groups in total. The zero-order valence-electron chi connectivity index (χ0n) is 11.0. The molecule has 18 heavy (non-hydrogen) atoms. The van der Waals surface area contributed by atoms with Crippen molar-refractivity contribution >= 4 is 33.2 Å². The predicted octanol–water partition coefficient (Wildman–Crippen LogP) is 3.46. The fraction of sp³-hybridized carbons (Fsp3) is 0.615. The smallest absolute Gasteiger partial charge is 0.264 e. The molecule has 1 atom stereocenters. The maximum Gasteiger partial charge on any atom is 0.264 e. The topological polar surface area (TPSA) is 29.5 Å². The molecular formula is C13H18BrNO2S. The van der Waals surface area contributed by atoms with E-state index in [1.54, 1.807) is 7.11 Å². The van der Waals surface area contributed by atoms with Gasteiger partial charge in [-0.25, -0.2) is 0 Å². The molecule has 1 aliphatic rings. The zero-order valence-corrected chi connectivity index (χ0v) is 13.4. The Morgan fingerprint density at radius 1 is 1.61 bits per heavy atom. The van der Waals surface area contributed by atoms with Crippen LogP contribution in [0.25, 0.3) is 0 Å². The van der Waals surface area contributed by atoms with Crippen LogP contribution in [0, 0.1) is 6.92 Å². The molecule has 1 fully saturated rings. The number of carbonyl (C=O) groups excluding carboxylic acids is 1. The summed E-state index contributed by atoms with van der Waals surface area (Å²) in [6.07, 6.45) is 2.02. The number of likely N-dealkylation sites (tertiary alicyclic amines) is 1. The van der Waals surface area contributed by atoms with Crippen LogP contribution in [-0.4, -0.2) is 36.6 Å². The molecule has 2 heterocycles. The summed E-state index contributed by atoms with van der Waals surface area (Å²) in [4.78, 5) is 15.1. The second-order valence-corrected chi connectivity index (χ2v) is 7.42. The zero-order chi connectivity index (χ0) is 13.3. The molecule has 1 amide bonds. The first-order chi connectivity index (χ1) is 8.45. The fourth-order valence-electron chi connectivity index (χ4n) is 2.27. The second-order valence-electron chi connectivity index (χ2n) is 5.05. The lowest BCUT2D eigenvalue weighted by molar-refractivity contribution is -0.0439. The van der Waals surface area contributed by atoms with Crippen LogP contribution in [0.1, 0.15) is 35.0 Å². The van der Waals surface area contributed by atoms with Crippen molar-refractivity contribution in [3.8, 4) is 0 Å². The number of ether oxygens (including phenoxy) is 1. The fourth-order valence-corrected chi connectivity index (χ4v) is 3.77. The predicted molar refractivity (Wildman–Crippen MR) is 77.3 cm³/mol. The Balaban J connectivity index is 2.14. The van der Waals surface area contributed by atoms with E-state index in [1.807, 2.05) is 17.9 Å². The summed E-state index contributed by atoms with van der Waals surface area (Å²) in [5.41, 5.74) is 0.923. The van der Waals surface area contributed by atoms with Crippen LogP contribution in [0.4, 0.5) is 0 Å². The number of hydrogen-bond acceptors (Lipinski definition) is 3. The Hall–Kier alpha value is -0.390. The number of amides is 1. The average molecular weight is 332 g/mol. The van der Waals surface area contributed by atoms with E-state index < -0.39 is 0 Å². The van der Waals surface area contributed by atoms with E-state index in [9.17, 15) is 4.79 Å². The maximum atomic E-state index is 12.4. The summed E-state index contributed by atoms with van der Waals surface area (Å²) >= 11 is 4.98. The maximum absolute atomic E-state index is 12.4. The summed E-state index contributed by atoms with van der Waals surface area (Å²) in [5.74, 6) is 0.122. The lowest BCUT2D eigenvalue weighted by atomic mass is 9.94. The minimum absolute atomic E-state index is 0.122. The molecule has 0 bridgehead atoms. The molecule has 5 heteroatoms. The van der Waals surface area contributed by atoms with Gasteiger partial charge in [0.15, 0.2) is 0 Å². The third-order valence-electron chi connectivity index (χ3n) is 3.51. The van der Waals surface area contributed by atoms with E-state index >= 15 is 0 Å². The molecule has 1 aliphatic heterocycles. The molecule has 3 nitrogen and oxygen atoms in total. The van der Waals surface area contributed by atoms with Gasteiger partial charge < -0.3 is 9.64 Å². The number of piperidine rings is 1. The van der Waals surface area contributed by atoms with Crippen LogP contribution in [0.2, 0.25) is 0 Å². The standard InChI is InChI=1S/C13H18BrNO2S/c1-9-7-10(18-11(9)14)12(16)15-6-4-5-13(2,8-15)17-3/h7H,4-6,8H2,1-3H3. The van der Waals surface area contributed by atoms with Gasteiger partial charge in [0.05, 0.1) is 14.3 Å². The number of hydrogen-bond donors (Lipinski definition) is 0. The Bertz CT molecular complexity index is 440. The highest BCUT2D eigenvalue weighted by Gasteiger charge is 2.33. The van der Waals surface area contributed by atoms with Gasteiger partial charge in [-0.3, -0.25) is 4.79 Å². The molecule has 0 aliphatic carbocycles. The van der Waals surface area contributed by atoms with Crippen molar-refractivity contribution in [2.75, 3.05) is 20.2 Å². The highest BCUT2D eigenvalue weighted by Crippen LogP contribution is 2.30. The van der Waals surface area contributed by atoms with Crippen molar-refractivity contribution in [2.45, 2.75) is 32.3 Å². The number of aryl methyl sites for hydroxylation is 1. The lowest BCUT2D eigenvalue weighted by Gasteiger charge is -2.39. The number of rotatable bonds is 2.